The lowest BCUT2D eigenvalue weighted by atomic mass is 10.1. The van der Waals surface area contributed by atoms with E-state index in [0.29, 0.717) is 10.6 Å². The number of rotatable bonds is 10. The normalized spacial score (nSPS) is 13.5. The summed E-state index contributed by atoms with van der Waals surface area (Å²) in [6, 6.07) is 1.99. The van der Waals surface area contributed by atoms with Crippen LogP contribution >= 0.6 is 11.3 Å². The van der Waals surface area contributed by atoms with Gasteiger partial charge in [-0.1, -0.05) is 11.3 Å². The van der Waals surface area contributed by atoms with Gasteiger partial charge in [0.05, 0.1) is 37.7 Å². The van der Waals surface area contributed by atoms with E-state index in [9.17, 15) is 27.2 Å². The molecule has 3 aromatic heterocycles. The molecule has 0 aliphatic carbocycles. The number of hydrogen-bond donors (Lipinski definition) is 1. The molecule has 1 unspecified atom stereocenters. The summed E-state index contributed by atoms with van der Waals surface area (Å²) in [7, 11) is -2.82. The lowest BCUT2D eigenvalue weighted by Gasteiger charge is -2.22. The summed E-state index contributed by atoms with van der Waals surface area (Å²) in [4.78, 5) is 42.2. The van der Waals surface area contributed by atoms with E-state index in [2.05, 4.69) is 15.5 Å². The van der Waals surface area contributed by atoms with E-state index < -0.39 is 51.8 Å². The number of nitrogens with one attached hydrogen (secondary N) is 1. The molecule has 0 bridgehead atoms. The Balaban J connectivity index is 2.04. The van der Waals surface area contributed by atoms with Gasteiger partial charge < -0.3 is 10.1 Å². The molecule has 16 heteroatoms. The smallest absolute Gasteiger partial charge is 0.332 e. The first kappa shape index (κ1) is 30.1. The van der Waals surface area contributed by atoms with Crippen molar-refractivity contribution in [3.63, 3.8) is 0 Å². The molecular formula is C25H29FN6O7S2. The third-order valence-corrected chi connectivity index (χ3v) is 8.06. The number of aromatic nitrogens is 5. The molecule has 0 spiro atoms. The first-order valence-electron chi connectivity index (χ1n) is 12.4. The first-order chi connectivity index (χ1) is 19.2. The van der Waals surface area contributed by atoms with Gasteiger partial charge in [-0.15, -0.1) is 4.80 Å². The number of methoxy groups -OCH3 is 1. The van der Waals surface area contributed by atoms with Crippen LogP contribution in [0, 0.1) is 12.7 Å². The zero-order valence-electron chi connectivity index (χ0n) is 23.1. The molecule has 1 aromatic carbocycles. The molecule has 3 heterocycles. The molecule has 0 fully saturated rings. The van der Waals surface area contributed by atoms with Crippen LogP contribution in [0.15, 0.2) is 40.2 Å². The molecule has 2 atom stereocenters. The van der Waals surface area contributed by atoms with Gasteiger partial charge in [0, 0.05) is 17.2 Å². The molecule has 0 radical (unpaired) electrons. The molecule has 0 saturated carbocycles. The van der Waals surface area contributed by atoms with Crippen molar-refractivity contribution in [2.75, 3.05) is 13.4 Å². The van der Waals surface area contributed by atoms with Gasteiger partial charge in [0.2, 0.25) is 5.91 Å². The lowest BCUT2D eigenvalue weighted by molar-refractivity contribution is -0.124. The highest BCUT2D eigenvalue weighted by Gasteiger charge is 2.30. The molecule has 0 saturated heterocycles. The van der Waals surface area contributed by atoms with E-state index in [1.807, 2.05) is 0 Å². The summed E-state index contributed by atoms with van der Waals surface area (Å²) in [5.41, 5.74) is -1.16. The minimum absolute atomic E-state index is 0.0172. The van der Waals surface area contributed by atoms with Crippen molar-refractivity contribution >= 4 is 37.6 Å². The van der Waals surface area contributed by atoms with Gasteiger partial charge >= 0.3 is 5.69 Å². The van der Waals surface area contributed by atoms with Crippen molar-refractivity contribution in [2.24, 2.45) is 0 Å². The number of hydrogen-bond acceptors (Lipinski definition) is 10. The number of thiophene rings is 1. The van der Waals surface area contributed by atoms with Crippen LogP contribution in [0.3, 0.4) is 0 Å². The van der Waals surface area contributed by atoms with Crippen molar-refractivity contribution in [3.8, 4) is 10.8 Å². The molecular weight excluding hydrogens is 579 g/mol. The van der Waals surface area contributed by atoms with E-state index in [-0.39, 0.29) is 27.6 Å². The minimum Gasteiger partial charge on any atom is -0.496 e. The molecule has 41 heavy (non-hydrogen) atoms. The zero-order chi connectivity index (χ0) is 30.2. The first-order valence-corrected chi connectivity index (χ1v) is 15.0. The number of carbonyl (C=O) groups excluding carboxylic acids is 1. The predicted molar refractivity (Wildman–Crippen MR) is 150 cm³/mol. The van der Waals surface area contributed by atoms with Gasteiger partial charge in [0.1, 0.15) is 33.5 Å². The van der Waals surface area contributed by atoms with Crippen LogP contribution in [0.4, 0.5) is 4.39 Å². The van der Waals surface area contributed by atoms with Crippen LogP contribution in [-0.2, 0) is 25.6 Å². The Morgan fingerprint density at radius 2 is 1.83 bits per heavy atom. The molecule has 1 amide bonds. The Labute approximate surface area is 238 Å². The topological polar surface area (TPSA) is 156 Å². The fraction of sp³-hybridized carbons (Fsp3) is 0.400. The Kier molecular flexibility index (Phi) is 8.46. The zero-order valence-corrected chi connectivity index (χ0v) is 24.7. The van der Waals surface area contributed by atoms with E-state index >= 15 is 0 Å². The van der Waals surface area contributed by atoms with Crippen molar-refractivity contribution in [2.45, 2.75) is 52.4 Å². The number of aryl methyl sites for hydroxylation is 1. The Bertz CT molecular complexity index is 1830. The Hall–Kier alpha value is -3.89. The van der Waals surface area contributed by atoms with Gasteiger partial charge in [-0.3, -0.25) is 18.3 Å². The number of benzene rings is 1. The Morgan fingerprint density at radius 1 is 1.17 bits per heavy atom. The van der Waals surface area contributed by atoms with Gasteiger partial charge in [0.15, 0.2) is 0 Å². The monoisotopic (exact) mass is 608 g/mol. The highest BCUT2D eigenvalue weighted by molar-refractivity contribution is 7.86. The van der Waals surface area contributed by atoms with E-state index in [1.165, 1.54) is 37.3 Å². The van der Waals surface area contributed by atoms with Crippen LogP contribution in [0.2, 0.25) is 0 Å². The largest absolute Gasteiger partial charge is 0.496 e. The summed E-state index contributed by atoms with van der Waals surface area (Å²) in [5.74, 6) is -1.14. The van der Waals surface area contributed by atoms with Gasteiger partial charge in [0.25, 0.3) is 15.7 Å². The van der Waals surface area contributed by atoms with Crippen molar-refractivity contribution in [1.82, 2.24) is 29.4 Å². The van der Waals surface area contributed by atoms with E-state index in [4.69, 9.17) is 8.92 Å². The molecule has 0 aliphatic heterocycles. The van der Waals surface area contributed by atoms with Crippen LogP contribution in [-0.4, -0.2) is 57.9 Å². The quantitative estimate of drug-likeness (QED) is 0.266. The fourth-order valence-electron chi connectivity index (χ4n) is 4.40. The highest BCUT2D eigenvalue weighted by Crippen LogP contribution is 2.34. The number of fused-ring (bicyclic) bond motifs is 1. The second-order valence-electron chi connectivity index (χ2n) is 9.61. The van der Waals surface area contributed by atoms with Gasteiger partial charge in [-0.25, -0.2) is 13.8 Å². The summed E-state index contributed by atoms with van der Waals surface area (Å²) in [6.45, 7) is 6.06. The molecule has 1 N–H and O–H groups in total. The van der Waals surface area contributed by atoms with Crippen molar-refractivity contribution in [1.29, 1.82) is 0 Å². The van der Waals surface area contributed by atoms with Crippen molar-refractivity contribution in [3.05, 3.63) is 68.4 Å². The van der Waals surface area contributed by atoms with Gasteiger partial charge in [-0.05, 0) is 45.9 Å². The van der Waals surface area contributed by atoms with Crippen molar-refractivity contribution < 1.29 is 26.5 Å². The highest BCUT2D eigenvalue weighted by atomic mass is 32.2. The van der Waals surface area contributed by atoms with Crippen LogP contribution in [0.5, 0.6) is 5.75 Å². The minimum atomic E-state index is -4.14. The number of amides is 1. The number of nitrogens with zero attached hydrogens (tertiary/aromatic N) is 5. The molecule has 0 aliphatic rings. The molecule has 13 nitrogen and oxygen atoms in total. The number of carbonyl (C=O) groups is 1. The summed E-state index contributed by atoms with van der Waals surface area (Å²) < 4.78 is 51.6. The second-order valence-corrected chi connectivity index (χ2v) is 12.2. The standard InChI is InChI=1S/C25H29FN6O7S2/c1-13(2)29-21(33)15(4)31-22(34)20-14(3)23(32-27-9-10-28-32)40-24(20)30(25(31)35)12-19(39-41(6,36)37)17-11-16(26)7-8-18(17)38-5/h7-11,13,15,19H,12H2,1-6H3,(H,29,33)/t15?,19-/m0/s1. The maximum Gasteiger partial charge on any atom is 0.332 e. The van der Waals surface area contributed by atoms with Gasteiger partial charge in [-0.2, -0.15) is 18.6 Å². The third kappa shape index (κ3) is 6.08. The maximum absolute atomic E-state index is 14.3. The average Bonchev–Trinajstić information content (AvgIpc) is 3.52. The van der Waals surface area contributed by atoms with Crippen LogP contribution < -0.4 is 21.3 Å². The van der Waals surface area contributed by atoms with E-state index in [1.54, 1.807) is 20.8 Å². The number of halogens is 1. The second kappa shape index (κ2) is 11.5. The predicted octanol–water partition coefficient (Wildman–Crippen LogP) is 2.06. The average molecular weight is 609 g/mol. The van der Waals surface area contributed by atoms with Crippen LogP contribution in [0.1, 0.15) is 44.0 Å². The summed E-state index contributed by atoms with van der Waals surface area (Å²) in [6.07, 6.45) is 2.26. The SMILES string of the molecule is COc1ccc(F)cc1[C@H](Cn1c(=O)n(C(C)C(=O)NC(C)C)c(=O)c2c(C)c(-n3nccn3)sc21)OS(C)(=O)=O. The van der Waals surface area contributed by atoms with E-state index in [0.717, 1.165) is 38.9 Å². The third-order valence-electron chi connectivity index (χ3n) is 6.19. The summed E-state index contributed by atoms with van der Waals surface area (Å²) in [5, 5.41) is 11.5. The lowest BCUT2D eigenvalue weighted by Crippen LogP contribution is -2.47. The summed E-state index contributed by atoms with van der Waals surface area (Å²) >= 11 is 1.02. The molecule has 4 rings (SSSR count). The van der Waals surface area contributed by atoms with Crippen LogP contribution in [0.25, 0.3) is 15.2 Å². The Morgan fingerprint density at radius 3 is 2.41 bits per heavy atom. The number of ether oxygens (including phenoxy) is 1. The molecule has 220 valence electrons. The maximum atomic E-state index is 14.3. The fourth-order valence-corrected chi connectivity index (χ4v) is 6.21. The molecule has 4 aromatic rings.